The number of hydroxylamine groups is 4. The molecular formula is C31H28F2N4O6S. The highest BCUT2D eigenvalue weighted by Gasteiger charge is 2.13. The number of amides is 4. The first kappa shape index (κ1) is 33.2. The van der Waals surface area contributed by atoms with Gasteiger partial charge < -0.3 is 20.6 Å². The van der Waals surface area contributed by atoms with Crippen molar-refractivity contribution in [3.63, 3.8) is 0 Å². The highest BCUT2D eigenvalue weighted by Crippen LogP contribution is 2.23. The van der Waals surface area contributed by atoms with Crippen LogP contribution in [0.1, 0.15) is 34.9 Å². The van der Waals surface area contributed by atoms with Crippen LogP contribution in [0.15, 0.2) is 77.2 Å². The van der Waals surface area contributed by atoms with Crippen LogP contribution in [0.2, 0.25) is 0 Å². The van der Waals surface area contributed by atoms with E-state index in [0.29, 0.717) is 22.3 Å². The van der Waals surface area contributed by atoms with Gasteiger partial charge in [0.15, 0.2) is 5.76 Å². The van der Waals surface area contributed by atoms with Crippen molar-refractivity contribution in [2.45, 2.75) is 32.4 Å². The molecule has 0 fully saturated rings. The van der Waals surface area contributed by atoms with Crippen molar-refractivity contribution in [2.75, 3.05) is 0 Å². The third-order valence-electron chi connectivity index (χ3n) is 5.56. The molecule has 0 saturated heterocycles. The Morgan fingerprint density at radius 2 is 1.39 bits per heavy atom. The topological polar surface area (TPSA) is 155 Å². The van der Waals surface area contributed by atoms with Gasteiger partial charge in [-0.15, -0.1) is 11.3 Å². The maximum absolute atomic E-state index is 12.9. The quantitative estimate of drug-likeness (QED) is 0.123. The summed E-state index contributed by atoms with van der Waals surface area (Å²) in [6.45, 7) is 3.07. The molecule has 0 aliphatic heterocycles. The molecule has 4 aromatic rings. The predicted octanol–water partition coefficient (Wildman–Crippen LogP) is 5.71. The number of benzene rings is 2. The Hall–Kier alpha value is -5.34. The Bertz CT molecular complexity index is 1560. The normalized spacial score (nSPS) is 11.3. The van der Waals surface area contributed by atoms with E-state index in [0.717, 1.165) is 15.3 Å². The van der Waals surface area contributed by atoms with Crippen LogP contribution in [0.5, 0.6) is 11.7 Å². The van der Waals surface area contributed by atoms with E-state index in [2.05, 4.69) is 23.7 Å². The van der Waals surface area contributed by atoms with Crippen molar-refractivity contribution in [3.8, 4) is 35.4 Å². The van der Waals surface area contributed by atoms with Crippen LogP contribution in [-0.2, 0) is 6.42 Å². The van der Waals surface area contributed by atoms with E-state index in [-0.39, 0.29) is 23.3 Å². The monoisotopic (exact) mass is 622 g/mol. The Balaban J connectivity index is 0.000000240. The number of furan rings is 1. The minimum Gasteiger partial charge on any atom is -0.426 e. The van der Waals surface area contributed by atoms with Gasteiger partial charge in [0.25, 0.3) is 5.95 Å². The molecule has 2 heterocycles. The number of rotatable bonds is 6. The molecule has 0 saturated carbocycles. The molecular weight excluding hydrogens is 594 g/mol. The third-order valence-corrected chi connectivity index (χ3v) is 6.56. The number of nitrogens with two attached hydrogens (primary N) is 2. The molecule has 2 aromatic carbocycles. The second-order valence-corrected chi connectivity index (χ2v) is 10.2. The molecule has 44 heavy (non-hydrogen) atoms. The molecule has 4 rings (SSSR count). The van der Waals surface area contributed by atoms with E-state index in [9.17, 15) is 28.8 Å². The molecule has 0 spiro atoms. The fourth-order valence-electron chi connectivity index (χ4n) is 3.26. The summed E-state index contributed by atoms with van der Waals surface area (Å²) in [6.07, 6.45) is 0.704. The van der Waals surface area contributed by atoms with Crippen molar-refractivity contribution >= 4 is 23.4 Å². The molecule has 0 aliphatic rings. The second kappa shape index (κ2) is 15.8. The van der Waals surface area contributed by atoms with Gasteiger partial charge in [0.2, 0.25) is 0 Å². The van der Waals surface area contributed by atoms with Crippen molar-refractivity contribution in [1.29, 1.82) is 0 Å². The number of thiophene rings is 1. The predicted molar refractivity (Wildman–Crippen MR) is 158 cm³/mol. The third kappa shape index (κ3) is 10.5. The summed E-state index contributed by atoms with van der Waals surface area (Å²) < 4.78 is 36.3. The number of carbonyl (C=O) groups excluding carboxylic acids is 2. The lowest BCUT2D eigenvalue weighted by atomic mass is 10.1. The molecule has 2 aromatic heterocycles. The summed E-state index contributed by atoms with van der Waals surface area (Å²) in [4.78, 5) is 23.5. The molecule has 2 atom stereocenters. The van der Waals surface area contributed by atoms with Gasteiger partial charge in [-0.3, -0.25) is 10.4 Å². The summed E-state index contributed by atoms with van der Waals surface area (Å²) >= 11 is 1.51. The number of halogens is 2. The lowest BCUT2D eigenvalue weighted by Crippen LogP contribution is -2.38. The largest absolute Gasteiger partial charge is 0.426 e. The number of hydrogen-bond donors (Lipinski definition) is 4. The van der Waals surface area contributed by atoms with Crippen LogP contribution < -0.4 is 16.2 Å². The molecule has 13 heteroatoms. The van der Waals surface area contributed by atoms with E-state index < -0.39 is 24.1 Å². The summed E-state index contributed by atoms with van der Waals surface area (Å²) in [6, 6.07) is 15.3. The van der Waals surface area contributed by atoms with Crippen LogP contribution in [0.3, 0.4) is 0 Å². The smallest absolute Gasteiger partial charge is 0.339 e. The average molecular weight is 623 g/mol. The average Bonchev–Trinajstić information content (AvgIpc) is 3.65. The first-order chi connectivity index (χ1) is 20.9. The van der Waals surface area contributed by atoms with E-state index in [1.54, 1.807) is 31.2 Å². The fraction of sp³-hybridized carbons (Fsp3) is 0.161. The molecule has 0 aliphatic carbocycles. The van der Waals surface area contributed by atoms with Crippen LogP contribution in [0.4, 0.5) is 18.4 Å². The summed E-state index contributed by atoms with van der Waals surface area (Å²) in [5, 5.41) is 19.3. The molecule has 4 amide bonds. The molecule has 228 valence electrons. The fourth-order valence-corrected chi connectivity index (χ4v) is 4.16. The zero-order valence-corrected chi connectivity index (χ0v) is 24.3. The van der Waals surface area contributed by atoms with Gasteiger partial charge in [0.1, 0.15) is 29.5 Å². The van der Waals surface area contributed by atoms with Crippen LogP contribution >= 0.6 is 11.3 Å². The maximum atomic E-state index is 12.9. The standard InChI is InChI=1S/C16H15FN2O2S.C15H13FN2O4/c1-11(19(21)16(18)20)2-7-14-8-9-15(22-14)10-12-3-5-13(17)6-4-12;1-10(18(20)15(17)19)2-5-12-8-9-14(21-12)22-13-6-3-11(16)4-7-13/h3-6,8-9,11,21H,10H2,1H3,(H2,18,20);3-4,6-10,20H,1H3,(H2,17,19)/t11-;10-/m11/s1. The van der Waals surface area contributed by atoms with E-state index in [1.807, 2.05) is 12.1 Å². The molecule has 6 N–H and O–H groups in total. The zero-order chi connectivity index (χ0) is 32.2. The van der Waals surface area contributed by atoms with Gasteiger partial charge in [-0.25, -0.2) is 18.4 Å². The molecule has 0 radical (unpaired) electrons. The SMILES string of the molecule is C[C@H](C#Cc1ccc(Cc2ccc(F)cc2)s1)N(O)C(N)=O.C[C@H](C#Cc1ccc(Oc2ccc(F)cc2)o1)N(O)C(N)=O. The van der Waals surface area contributed by atoms with Crippen molar-refractivity contribution in [2.24, 2.45) is 11.5 Å². The van der Waals surface area contributed by atoms with Gasteiger partial charge in [-0.1, -0.05) is 29.9 Å². The number of urea groups is 2. The minimum atomic E-state index is -0.999. The number of primary amides is 2. The lowest BCUT2D eigenvalue weighted by Gasteiger charge is -2.14. The Morgan fingerprint density at radius 1 is 0.841 bits per heavy atom. The highest BCUT2D eigenvalue weighted by atomic mass is 32.1. The zero-order valence-electron chi connectivity index (χ0n) is 23.5. The van der Waals surface area contributed by atoms with E-state index in [4.69, 9.17) is 20.6 Å². The number of nitrogens with zero attached hydrogens (tertiary/aromatic N) is 2. The molecule has 10 nitrogen and oxygen atoms in total. The molecule has 0 unspecified atom stereocenters. The summed E-state index contributed by atoms with van der Waals surface area (Å²) in [7, 11) is 0. The minimum absolute atomic E-state index is 0.180. The number of hydrogen-bond acceptors (Lipinski definition) is 7. The summed E-state index contributed by atoms with van der Waals surface area (Å²) in [5.74, 6) is 11.1. The van der Waals surface area contributed by atoms with Gasteiger partial charge in [0.05, 0.1) is 4.88 Å². The van der Waals surface area contributed by atoms with Crippen LogP contribution in [0, 0.1) is 35.3 Å². The van der Waals surface area contributed by atoms with Crippen molar-refractivity contribution < 1.29 is 37.9 Å². The van der Waals surface area contributed by atoms with Gasteiger partial charge >= 0.3 is 12.1 Å². The van der Waals surface area contributed by atoms with Gasteiger partial charge in [0, 0.05) is 17.4 Å². The van der Waals surface area contributed by atoms with E-state index in [1.165, 1.54) is 54.7 Å². The van der Waals surface area contributed by atoms with Crippen molar-refractivity contribution in [1.82, 2.24) is 10.1 Å². The highest BCUT2D eigenvalue weighted by molar-refractivity contribution is 7.12. The van der Waals surface area contributed by atoms with Crippen LogP contribution in [0.25, 0.3) is 0 Å². The maximum Gasteiger partial charge on any atom is 0.339 e. The van der Waals surface area contributed by atoms with Crippen LogP contribution in [-0.4, -0.2) is 44.7 Å². The molecule has 0 bridgehead atoms. The van der Waals surface area contributed by atoms with Gasteiger partial charge in [-0.05, 0) is 79.9 Å². The summed E-state index contributed by atoms with van der Waals surface area (Å²) in [5.41, 5.74) is 10.9. The second-order valence-electron chi connectivity index (χ2n) is 9.00. The van der Waals surface area contributed by atoms with E-state index >= 15 is 0 Å². The number of ether oxygens (including phenoxy) is 1. The Morgan fingerprint density at radius 3 is 1.95 bits per heavy atom. The first-order valence-electron chi connectivity index (χ1n) is 12.9. The van der Waals surface area contributed by atoms with Gasteiger partial charge in [-0.2, -0.15) is 10.1 Å². The Labute approximate surface area is 256 Å². The van der Waals surface area contributed by atoms with Crippen molar-refractivity contribution in [3.05, 3.63) is 106 Å². The Kier molecular flexibility index (Phi) is 11.9. The lowest BCUT2D eigenvalue weighted by molar-refractivity contribution is -0.0536. The first-order valence-corrected chi connectivity index (χ1v) is 13.7. The number of carbonyl (C=O) groups is 2.